The summed E-state index contributed by atoms with van der Waals surface area (Å²) in [6.45, 7) is 1.60. The van der Waals surface area contributed by atoms with Crippen molar-refractivity contribution < 1.29 is 9.90 Å². The zero-order valence-electron chi connectivity index (χ0n) is 12.3. The molecule has 0 spiro atoms. The number of hydrogen-bond acceptors (Lipinski definition) is 4. The van der Waals surface area contributed by atoms with Crippen molar-refractivity contribution in [2.75, 3.05) is 27.2 Å². The number of halogens is 2. The summed E-state index contributed by atoms with van der Waals surface area (Å²) in [4.78, 5) is 20.1. The lowest BCUT2D eigenvalue weighted by atomic mass is 10.0. The highest BCUT2D eigenvalue weighted by molar-refractivity contribution is 5.85. The number of carbonyl (C=O) groups excluding carboxylic acids is 1. The van der Waals surface area contributed by atoms with E-state index < -0.39 is 12.1 Å². The van der Waals surface area contributed by atoms with E-state index in [4.69, 9.17) is 0 Å². The molecule has 1 aromatic heterocycles. The van der Waals surface area contributed by atoms with Crippen LogP contribution in [0.15, 0.2) is 24.5 Å². The van der Waals surface area contributed by atoms with Gasteiger partial charge in [-0.2, -0.15) is 0 Å². The van der Waals surface area contributed by atoms with Gasteiger partial charge in [-0.25, -0.2) is 0 Å². The maximum atomic E-state index is 12.5. The molecule has 1 aliphatic rings. The van der Waals surface area contributed by atoms with E-state index in [9.17, 15) is 9.90 Å². The average molecular weight is 336 g/mol. The number of amides is 1. The van der Waals surface area contributed by atoms with Crippen molar-refractivity contribution in [1.82, 2.24) is 14.8 Å². The molecule has 7 heteroatoms. The maximum Gasteiger partial charge on any atom is 0.242 e. The van der Waals surface area contributed by atoms with Crippen molar-refractivity contribution in [1.29, 1.82) is 0 Å². The van der Waals surface area contributed by atoms with Crippen molar-refractivity contribution in [3.05, 3.63) is 30.1 Å². The minimum Gasteiger partial charge on any atom is -0.386 e. The molecule has 1 N–H and O–H groups in total. The molecule has 2 atom stereocenters. The van der Waals surface area contributed by atoms with Crippen LogP contribution in [0.25, 0.3) is 0 Å². The number of aromatic nitrogens is 1. The van der Waals surface area contributed by atoms with Gasteiger partial charge in [-0.15, -0.1) is 24.8 Å². The molecule has 1 aliphatic heterocycles. The molecule has 120 valence electrons. The number of aliphatic hydroxyl groups excluding tert-OH is 1. The molecular weight excluding hydrogens is 313 g/mol. The summed E-state index contributed by atoms with van der Waals surface area (Å²) in [6, 6.07) is 2.96. The van der Waals surface area contributed by atoms with Crippen molar-refractivity contribution in [3.63, 3.8) is 0 Å². The zero-order valence-corrected chi connectivity index (χ0v) is 13.9. The monoisotopic (exact) mass is 335 g/mol. The highest BCUT2D eigenvalue weighted by Gasteiger charge is 2.34. The van der Waals surface area contributed by atoms with Crippen LogP contribution < -0.4 is 0 Å². The lowest BCUT2D eigenvalue weighted by molar-refractivity contribution is -0.139. The fourth-order valence-electron chi connectivity index (χ4n) is 2.51. The molecule has 1 aromatic rings. The maximum absolute atomic E-state index is 12.5. The Morgan fingerprint density at radius 3 is 2.24 bits per heavy atom. The van der Waals surface area contributed by atoms with Gasteiger partial charge in [0, 0.05) is 25.5 Å². The number of pyridine rings is 1. The molecular formula is C14H23Cl2N3O2. The Bertz CT molecular complexity index is 425. The Hall–Kier alpha value is -0.880. The van der Waals surface area contributed by atoms with E-state index >= 15 is 0 Å². The number of hydrogen-bond donors (Lipinski definition) is 1. The third-order valence-corrected chi connectivity index (χ3v) is 3.57. The third kappa shape index (κ3) is 4.81. The van der Waals surface area contributed by atoms with Gasteiger partial charge in [-0.1, -0.05) is 0 Å². The van der Waals surface area contributed by atoms with Gasteiger partial charge in [-0.3, -0.25) is 14.7 Å². The molecule has 0 radical (unpaired) electrons. The fourth-order valence-corrected chi connectivity index (χ4v) is 2.51. The summed E-state index contributed by atoms with van der Waals surface area (Å²) >= 11 is 0. The van der Waals surface area contributed by atoms with Gasteiger partial charge in [0.15, 0.2) is 0 Å². The summed E-state index contributed by atoms with van der Waals surface area (Å²) < 4.78 is 0. The van der Waals surface area contributed by atoms with E-state index in [1.807, 2.05) is 19.0 Å². The van der Waals surface area contributed by atoms with Crippen LogP contribution in [0.5, 0.6) is 0 Å². The standard InChI is InChI=1S/C14H21N3O2.2ClH/c1-16(2)12(14(19)17-9-3-4-10-17)13(18)11-5-7-15-8-6-11;;/h5-8,12-13,18H,3-4,9-10H2,1-2H3;2*1H. The fraction of sp³-hybridized carbons (Fsp3) is 0.571. The van der Waals surface area contributed by atoms with Gasteiger partial charge in [0.05, 0.1) is 0 Å². The second kappa shape index (κ2) is 9.20. The summed E-state index contributed by atoms with van der Waals surface area (Å²) in [6.07, 6.45) is 4.54. The van der Waals surface area contributed by atoms with Crippen LogP contribution in [0, 0.1) is 0 Å². The topological polar surface area (TPSA) is 56.7 Å². The number of nitrogens with zero attached hydrogens (tertiary/aromatic N) is 3. The molecule has 0 saturated carbocycles. The molecule has 0 aliphatic carbocycles. The third-order valence-electron chi connectivity index (χ3n) is 3.57. The summed E-state index contributed by atoms with van der Waals surface area (Å²) in [5.41, 5.74) is 0.723. The number of likely N-dealkylation sites (tertiary alicyclic amines) is 1. The van der Waals surface area contributed by atoms with Gasteiger partial charge in [0.25, 0.3) is 0 Å². The van der Waals surface area contributed by atoms with E-state index in [1.165, 1.54) is 0 Å². The van der Waals surface area contributed by atoms with E-state index in [2.05, 4.69) is 4.98 Å². The number of rotatable bonds is 4. The number of carbonyl (C=O) groups is 1. The first-order valence-electron chi connectivity index (χ1n) is 6.64. The van der Waals surface area contributed by atoms with Crippen LogP contribution in [0.1, 0.15) is 24.5 Å². The highest BCUT2D eigenvalue weighted by atomic mass is 35.5. The molecule has 0 aromatic carbocycles. The molecule has 2 unspecified atom stereocenters. The van der Waals surface area contributed by atoms with Crippen LogP contribution in [0.3, 0.4) is 0 Å². The largest absolute Gasteiger partial charge is 0.386 e. The van der Waals surface area contributed by atoms with Gasteiger partial charge < -0.3 is 10.0 Å². The molecule has 2 rings (SSSR count). The van der Waals surface area contributed by atoms with Crippen LogP contribution >= 0.6 is 24.8 Å². The lowest BCUT2D eigenvalue weighted by Gasteiger charge is -2.31. The Kier molecular flexibility index (Phi) is 8.82. The second-order valence-electron chi connectivity index (χ2n) is 5.17. The first kappa shape index (κ1) is 20.1. The number of aliphatic hydroxyl groups is 1. The van der Waals surface area contributed by atoms with Crippen molar-refractivity contribution >= 4 is 30.7 Å². The summed E-state index contributed by atoms with van der Waals surface area (Å²) in [5, 5.41) is 10.5. The average Bonchev–Trinajstić information content (AvgIpc) is 2.93. The summed E-state index contributed by atoms with van der Waals surface area (Å²) in [7, 11) is 3.64. The zero-order chi connectivity index (χ0) is 13.8. The Balaban J connectivity index is 0.00000200. The molecule has 5 nitrogen and oxygen atoms in total. The lowest BCUT2D eigenvalue weighted by Crippen LogP contribution is -2.48. The predicted molar refractivity (Wildman–Crippen MR) is 87.0 cm³/mol. The van der Waals surface area contributed by atoms with Gasteiger partial charge >= 0.3 is 0 Å². The van der Waals surface area contributed by atoms with Crippen LogP contribution in [0.4, 0.5) is 0 Å². The Labute approximate surface area is 138 Å². The molecule has 2 heterocycles. The molecule has 21 heavy (non-hydrogen) atoms. The smallest absolute Gasteiger partial charge is 0.242 e. The number of likely N-dealkylation sites (N-methyl/N-ethyl adjacent to an activating group) is 1. The van der Waals surface area contributed by atoms with Gasteiger partial charge in [0.2, 0.25) is 5.91 Å². The first-order valence-corrected chi connectivity index (χ1v) is 6.64. The Morgan fingerprint density at radius 1 is 1.24 bits per heavy atom. The van der Waals surface area contributed by atoms with Crippen LogP contribution in [-0.4, -0.2) is 59.0 Å². The van der Waals surface area contributed by atoms with E-state index in [1.54, 1.807) is 29.4 Å². The second-order valence-corrected chi connectivity index (χ2v) is 5.17. The SMILES string of the molecule is CN(C)C(C(=O)N1CCCC1)C(O)c1ccncc1.Cl.Cl. The Morgan fingerprint density at radius 2 is 1.76 bits per heavy atom. The quantitative estimate of drug-likeness (QED) is 0.906. The first-order chi connectivity index (χ1) is 9.11. The van der Waals surface area contributed by atoms with Gasteiger partial charge in [0.1, 0.15) is 12.1 Å². The highest BCUT2D eigenvalue weighted by Crippen LogP contribution is 2.22. The van der Waals surface area contributed by atoms with Crippen LogP contribution in [-0.2, 0) is 4.79 Å². The van der Waals surface area contributed by atoms with Crippen molar-refractivity contribution in [2.24, 2.45) is 0 Å². The molecule has 0 bridgehead atoms. The normalized spacial score (nSPS) is 16.9. The minimum absolute atomic E-state index is 0. The van der Waals surface area contributed by atoms with Crippen molar-refractivity contribution in [2.45, 2.75) is 25.0 Å². The van der Waals surface area contributed by atoms with E-state index in [-0.39, 0.29) is 30.7 Å². The van der Waals surface area contributed by atoms with E-state index in [0.717, 1.165) is 31.5 Å². The van der Waals surface area contributed by atoms with Gasteiger partial charge in [-0.05, 0) is 44.6 Å². The molecule has 1 saturated heterocycles. The van der Waals surface area contributed by atoms with Crippen LogP contribution in [0.2, 0.25) is 0 Å². The van der Waals surface area contributed by atoms with E-state index in [0.29, 0.717) is 0 Å². The summed E-state index contributed by atoms with van der Waals surface area (Å²) in [5.74, 6) is 0.00631. The van der Waals surface area contributed by atoms with Crippen molar-refractivity contribution in [3.8, 4) is 0 Å². The molecule has 1 amide bonds. The minimum atomic E-state index is -0.828. The predicted octanol–water partition coefficient (Wildman–Crippen LogP) is 1.51. The molecule has 1 fully saturated rings.